The van der Waals surface area contributed by atoms with Gasteiger partial charge in [-0.1, -0.05) is 6.92 Å². The van der Waals surface area contributed by atoms with Crippen LogP contribution in [0.15, 0.2) is 0 Å². The van der Waals surface area contributed by atoms with E-state index in [0.717, 1.165) is 0 Å². The second kappa shape index (κ2) is 5.09. The van der Waals surface area contributed by atoms with E-state index >= 15 is 0 Å². The predicted molar refractivity (Wildman–Crippen MR) is 38.9 cm³/mol. The Balaban J connectivity index is 3.72. The molecule has 2 atom stereocenters. The molecule has 0 rings (SSSR count). The van der Waals surface area contributed by atoms with Crippen LogP contribution >= 0.6 is 0 Å². The first-order valence-corrected chi connectivity index (χ1v) is 3.53. The minimum atomic E-state index is -1.08. The lowest BCUT2D eigenvalue weighted by Gasteiger charge is -2.14. The summed E-state index contributed by atoms with van der Waals surface area (Å²) < 4.78 is 9.47. The zero-order chi connectivity index (χ0) is 8.85. The number of methoxy groups -OCH3 is 1. The lowest BCUT2D eigenvalue weighted by Crippen LogP contribution is -2.26. The van der Waals surface area contributed by atoms with Gasteiger partial charge in [0, 0.05) is 13.5 Å². The molecule has 0 amide bonds. The van der Waals surface area contributed by atoms with E-state index in [2.05, 4.69) is 0 Å². The van der Waals surface area contributed by atoms with E-state index in [9.17, 15) is 4.79 Å². The third-order valence-electron chi connectivity index (χ3n) is 1.18. The summed E-state index contributed by atoms with van der Waals surface area (Å²) in [4.78, 5) is 10.7. The summed E-state index contributed by atoms with van der Waals surface area (Å²) in [6.45, 7) is 3.17. The fraction of sp³-hybridized carbons (Fsp3) is 0.857. The van der Waals surface area contributed by atoms with Crippen molar-refractivity contribution in [3.63, 3.8) is 0 Å². The van der Waals surface area contributed by atoms with E-state index in [-0.39, 0.29) is 0 Å². The summed E-state index contributed by atoms with van der Waals surface area (Å²) >= 11 is 0. The molecule has 4 heteroatoms. The van der Waals surface area contributed by atoms with Crippen LogP contribution in [0.2, 0.25) is 0 Å². The lowest BCUT2D eigenvalue weighted by atomic mass is 10.4. The maximum absolute atomic E-state index is 10.7. The fourth-order valence-corrected chi connectivity index (χ4v) is 0.526. The summed E-state index contributed by atoms with van der Waals surface area (Å²) in [6.07, 6.45) is -1.05. The fourth-order valence-electron chi connectivity index (χ4n) is 0.526. The quantitative estimate of drug-likeness (QED) is 0.477. The molecule has 4 nitrogen and oxygen atoms in total. The van der Waals surface area contributed by atoms with E-state index in [1.54, 1.807) is 0 Å². The number of hydrogen-bond donors (Lipinski definition) is 1. The standard InChI is InChI=1S/C7H14O4/c1-4-6(10-3)11-7(9)5(2)8/h5-6,8H,4H2,1-3H3. The van der Waals surface area contributed by atoms with Crippen LogP contribution in [-0.2, 0) is 14.3 Å². The van der Waals surface area contributed by atoms with Crippen molar-refractivity contribution in [3.8, 4) is 0 Å². The highest BCUT2D eigenvalue weighted by Gasteiger charge is 2.15. The summed E-state index contributed by atoms with van der Waals surface area (Å²) in [5.41, 5.74) is 0. The molecule has 0 bridgehead atoms. The van der Waals surface area contributed by atoms with Crippen molar-refractivity contribution in [2.45, 2.75) is 32.7 Å². The van der Waals surface area contributed by atoms with Crippen molar-refractivity contribution in [1.29, 1.82) is 0 Å². The topological polar surface area (TPSA) is 55.8 Å². The Labute approximate surface area is 66.1 Å². The number of rotatable bonds is 4. The number of aliphatic hydroxyl groups excluding tert-OH is 1. The van der Waals surface area contributed by atoms with Gasteiger partial charge in [0.05, 0.1) is 0 Å². The Morgan fingerprint density at radius 1 is 1.64 bits per heavy atom. The Kier molecular flexibility index (Phi) is 4.81. The van der Waals surface area contributed by atoms with Crippen LogP contribution < -0.4 is 0 Å². The van der Waals surface area contributed by atoms with Crippen LogP contribution in [0.5, 0.6) is 0 Å². The van der Waals surface area contributed by atoms with Gasteiger partial charge in [0.2, 0.25) is 6.29 Å². The van der Waals surface area contributed by atoms with E-state index in [1.165, 1.54) is 14.0 Å². The van der Waals surface area contributed by atoms with Gasteiger partial charge in [0.15, 0.2) is 0 Å². The molecule has 0 aromatic rings. The first-order valence-electron chi connectivity index (χ1n) is 3.53. The van der Waals surface area contributed by atoms with Crippen molar-refractivity contribution < 1.29 is 19.4 Å². The van der Waals surface area contributed by atoms with Crippen LogP contribution in [0.4, 0.5) is 0 Å². The SMILES string of the molecule is CCC(OC)OC(=O)C(C)O. The van der Waals surface area contributed by atoms with Crippen molar-refractivity contribution in [2.24, 2.45) is 0 Å². The molecule has 66 valence electrons. The smallest absolute Gasteiger partial charge is 0.336 e. The highest BCUT2D eigenvalue weighted by molar-refractivity contribution is 5.73. The lowest BCUT2D eigenvalue weighted by molar-refractivity contribution is -0.182. The van der Waals surface area contributed by atoms with E-state index < -0.39 is 18.4 Å². The minimum absolute atomic E-state index is 0.544. The highest BCUT2D eigenvalue weighted by Crippen LogP contribution is 2.00. The Hall–Kier alpha value is -0.610. The number of esters is 1. The van der Waals surface area contributed by atoms with Gasteiger partial charge in [-0.05, 0) is 6.92 Å². The molecule has 0 aliphatic heterocycles. The molecular formula is C7H14O4. The highest BCUT2D eigenvalue weighted by atomic mass is 16.7. The second-order valence-corrected chi connectivity index (χ2v) is 2.19. The molecule has 0 aliphatic rings. The predicted octanol–water partition coefficient (Wildman–Crippen LogP) is 0.293. The summed E-state index contributed by atoms with van der Waals surface area (Å²) in [5.74, 6) is -0.654. The molecule has 1 N–H and O–H groups in total. The van der Waals surface area contributed by atoms with Gasteiger partial charge in [-0.2, -0.15) is 0 Å². The van der Waals surface area contributed by atoms with Crippen molar-refractivity contribution in [3.05, 3.63) is 0 Å². The molecular weight excluding hydrogens is 148 g/mol. The largest absolute Gasteiger partial charge is 0.434 e. The third kappa shape index (κ3) is 3.95. The maximum atomic E-state index is 10.7. The number of aliphatic hydroxyl groups is 1. The Morgan fingerprint density at radius 2 is 2.18 bits per heavy atom. The van der Waals surface area contributed by atoms with Gasteiger partial charge in [0.1, 0.15) is 6.10 Å². The molecule has 0 aromatic carbocycles. The number of carbonyl (C=O) groups excluding carboxylic acids is 1. The van der Waals surface area contributed by atoms with Gasteiger partial charge in [-0.25, -0.2) is 4.79 Å². The van der Waals surface area contributed by atoms with Crippen molar-refractivity contribution >= 4 is 5.97 Å². The zero-order valence-corrected chi connectivity index (χ0v) is 7.03. The van der Waals surface area contributed by atoms with Gasteiger partial charge in [-0.3, -0.25) is 0 Å². The average molecular weight is 162 g/mol. The van der Waals surface area contributed by atoms with Crippen LogP contribution in [-0.4, -0.2) is 30.6 Å². The molecule has 0 fully saturated rings. The van der Waals surface area contributed by atoms with Crippen LogP contribution in [0.3, 0.4) is 0 Å². The second-order valence-electron chi connectivity index (χ2n) is 2.19. The van der Waals surface area contributed by atoms with Gasteiger partial charge < -0.3 is 14.6 Å². The Bertz CT molecular complexity index is 118. The molecule has 2 unspecified atom stereocenters. The normalized spacial score (nSPS) is 15.6. The third-order valence-corrected chi connectivity index (χ3v) is 1.18. The molecule has 0 radical (unpaired) electrons. The molecule has 0 saturated heterocycles. The number of carbonyl (C=O) groups is 1. The van der Waals surface area contributed by atoms with E-state index in [0.29, 0.717) is 6.42 Å². The van der Waals surface area contributed by atoms with Gasteiger partial charge in [-0.15, -0.1) is 0 Å². The minimum Gasteiger partial charge on any atom is -0.434 e. The summed E-state index contributed by atoms with van der Waals surface area (Å²) in [6, 6.07) is 0. The number of hydrogen-bond acceptors (Lipinski definition) is 4. The molecule has 0 saturated carbocycles. The van der Waals surface area contributed by atoms with E-state index in [4.69, 9.17) is 14.6 Å². The summed E-state index contributed by atoms with van der Waals surface area (Å²) in [7, 11) is 1.45. The average Bonchev–Trinajstić information content (AvgIpc) is 1.99. The molecule has 0 aliphatic carbocycles. The first-order chi connectivity index (χ1) is 5.11. The summed E-state index contributed by atoms with van der Waals surface area (Å²) in [5, 5.41) is 8.73. The molecule has 0 spiro atoms. The molecule has 11 heavy (non-hydrogen) atoms. The van der Waals surface area contributed by atoms with Gasteiger partial charge in [0.25, 0.3) is 0 Å². The molecule has 0 aromatic heterocycles. The monoisotopic (exact) mass is 162 g/mol. The van der Waals surface area contributed by atoms with Crippen LogP contribution in [0.1, 0.15) is 20.3 Å². The van der Waals surface area contributed by atoms with Crippen LogP contribution in [0, 0.1) is 0 Å². The van der Waals surface area contributed by atoms with Crippen molar-refractivity contribution in [2.75, 3.05) is 7.11 Å². The van der Waals surface area contributed by atoms with Crippen LogP contribution in [0.25, 0.3) is 0 Å². The zero-order valence-electron chi connectivity index (χ0n) is 7.03. The maximum Gasteiger partial charge on any atom is 0.336 e. The molecule has 0 heterocycles. The first kappa shape index (κ1) is 10.4. The Morgan fingerprint density at radius 3 is 2.45 bits per heavy atom. The van der Waals surface area contributed by atoms with E-state index in [1.807, 2.05) is 6.92 Å². The van der Waals surface area contributed by atoms with Crippen molar-refractivity contribution in [1.82, 2.24) is 0 Å². The van der Waals surface area contributed by atoms with Gasteiger partial charge >= 0.3 is 5.97 Å². The number of ether oxygens (including phenoxy) is 2.